The van der Waals surface area contributed by atoms with Crippen LogP contribution >= 0.6 is 11.6 Å². The van der Waals surface area contributed by atoms with E-state index in [1.54, 1.807) is 6.92 Å². The van der Waals surface area contributed by atoms with Crippen molar-refractivity contribution in [1.29, 1.82) is 0 Å². The first-order chi connectivity index (χ1) is 6.42. The summed E-state index contributed by atoms with van der Waals surface area (Å²) < 4.78 is 39.4. The lowest BCUT2D eigenvalue weighted by molar-refractivity contribution is -0.275. The Bertz CT molecular complexity index is 327. The van der Waals surface area contributed by atoms with Gasteiger partial charge >= 0.3 is 6.36 Å². The SMILES string of the molecule is CCc1cc(Cl)ncc1OC(F)(F)F. The van der Waals surface area contributed by atoms with Gasteiger partial charge in [0.1, 0.15) is 5.15 Å². The normalized spacial score (nSPS) is 11.5. The van der Waals surface area contributed by atoms with Crippen LogP contribution in [0.25, 0.3) is 0 Å². The van der Waals surface area contributed by atoms with Gasteiger partial charge in [-0.1, -0.05) is 18.5 Å². The molecule has 0 spiro atoms. The molecule has 0 aliphatic rings. The van der Waals surface area contributed by atoms with Crippen LogP contribution in [0.4, 0.5) is 13.2 Å². The highest BCUT2D eigenvalue weighted by atomic mass is 35.5. The van der Waals surface area contributed by atoms with Crippen molar-refractivity contribution in [3.8, 4) is 5.75 Å². The molecule has 0 aliphatic heterocycles. The third kappa shape index (κ3) is 3.06. The molecule has 0 N–H and O–H groups in total. The number of hydrogen-bond acceptors (Lipinski definition) is 2. The van der Waals surface area contributed by atoms with Crippen molar-refractivity contribution in [2.24, 2.45) is 0 Å². The lowest BCUT2D eigenvalue weighted by atomic mass is 10.2. The Hall–Kier alpha value is -0.970. The Morgan fingerprint density at radius 1 is 1.50 bits per heavy atom. The van der Waals surface area contributed by atoms with Crippen LogP contribution in [-0.4, -0.2) is 11.3 Å². The average molecular weight is 226 g/mol. The van der Waals surface area contributed by atoms with E-state index in [1.165, 1.54) is 6.07 Å². The van der Waals surface area contributed by atoms with Crippen molar-refractivity contribution >= 4 is 11.6 Å². The molecule has 2 nitrogen and oxygen atoms in total. The molecule has 1 rings (SSSR count). The van der Waals surface area contributed by atoms with Crippen LogP contribution in [0, 0.1) is 0 Å². The third-order valence-corrected chi connectivity index (χ3v) is 1.73. The van der Waals surface area contributed by atoms with Crippen LogP contribution in [0.2, 0.25) is 5.15 Å². The highest BCUT2D eigenvalue weighted by Gasteiger charge is 2.32. The molecule has 1 heterocycles. The summed E-state index contributed by atoms with van der Waals surface area (Å²) in [6, 6.07) is 1.35. The largest absolute Gasteiger partial charge is 0.573 e. The van der Waals surface area contributed by atoms with Crippen molar-refractivity contribution in [2.45, 2.75) is 19.7 Å². The summed E-state index contributed by atoms with van der Waals surface area (Å²) in [4.78, 5) is 3.51. The monoisotopic (exact) mass is 225 g/mol. The van der Waals surface area contributed by atoms with Crippen LogP contribution in [0.5, 0.6) is 5.75 Å². The van der Waals surface area contributed by atoms with Crippen LogP contribution < -0.4 is 4.74 Å². The van der Waals surface area contributed by atoms with Gasteiger partial charge in [0.05, 0.1) is 6.20 Å². The fourth-order valence-corrected chi connectivity index (χ4v) is 1.13. The number of halogens is 4. The smallest absolute Gasteiger partial charge is 0.404 e. The summed E-state index contributed by atoms with van der Waals surface area (Å²) in [7, 11) is 0. The number of ether oxygens (including phenoxy) is 1. The minimum Gasteiger partial charge on any atom is -0.404 e. The van der Waals surface area contributed by atoms with E-state index < -0.39 is 6.36 Å². The second-order valence-electron chi connectivity index (χ2n) is 2.52. The molecule has 0 fully saturated rings. The summed E-state index contributed by atoms with van der Waals surface area (Å²) in [5, 5.41) is 0.149. The maximum absolute atomic E-state index is 11.9. The lowest BCUT2D eigenvalue weighted by Gasteiger charge is -2.11. The summed E-state index contributed by atoms with van der Waals surface area (Å²) in [5.74, 6) is -0.301. The zero-order valence-electron chi connectivity index (χ0n) is 7.23. The maximum atomic E-state index is 11.9. The summed E-state index contributed by atoms with van der Waals surface area (Å²) in [5.41, 5.74) is 0.377. The molecule has 0 aromatic carbocycles. The predicted octanol–water partition coefficient (Wildman–Crippen LogP) is 3.20. The Morgan fingerprint density at radius 3 is 2.64 bits per heavy atom. The molecule has 0 aliphatic carbocycles. The van der Waals surface area contributed by atoms with Crippen molar-refractivity contribution in [1.82, 2.24) is 4.98 Å². The molecule has 0 unspecified atom stereocenters. The van der Waals surface area contributed by atoms with Gasteiger partial charge in [-0.25, -0.2) is 4.98 Å². The van der Waals surface area contributed by atoms with Gasteiger partial charge in [-0.15, -0.1) is 13.2 Å². The highest BCUT2D eigenvalue weighted by Crippen LogP contribution is 2.27. The zero-order chi connectivity index (χ0) is 10.8. The van der Waals surface area contributed by atoms with Gasteiger partial charge in [0.25, 0.3) is 0 Å². The van der Waals surface area contributed by atoms with E-state index in [1.807, 2.05) is 0 Å². The topological polar surface area (TPSA) is 22.1 Å². The Morgan fingerprint density at radius 2 is 2.14 bits per heavy atom. The van der Waals surface area contributed by atoms with E-state index in [9.17, 15) is 13.2 Å². The molecular weight excluding hydrogens is 219 g/mol. The van der Waals surface area contributed by atoms with Crippen LogP contribution in [0.15, 0.2) is 12.3 Å². The number of pyridine rings is 1. The quantitative estimate of drug-likeness (QED) is 0.721. The first kappa shape index (κ1) is 11.1. The Labute approximate surface area is 83.7 Å². The second-order valence-corrected chi connectivity index (χ2v) is 2.90. The van der Waals surface area contributed by atoms with Gasteiger partial charge in [0.15, 0.2) is 5.75 Å². The number of rotatable bonds is 2. The van der Waals surface area contributed by atoms with Crippen molar-refractivity contribution in [3.05, 3.63) is 23.0 Å². The van der Waals surface area contributed by atoms with E-state index >= 15 is 0 Å². The molecule has 0 radical (unpaired) electrons. The molecule has 6 heteroatoms. The first-order valence-corrected chi connectivity index (χ1v) is 4.20. The summed E-state index contributed by atoms with van der Waals surface area (Å²) in [6.07, 6.45) is -3.33. The Balaban J connectivity index is 2.97. The third-order valence-electron chi connectivity index (χ3n) is 1.52. The fourth-order valence-electron chi connectivity index (χ4n) is 0.948. The van der Waals surface area contributed by atoms with Gasteiger partial charge in [0, 0.05) is 0 Å². The number of aryl methyl sites for hydroxylation is 1. The fraction of sp³-hybridized carbons (Fsp3) is 0.375. The van der Waals surface area contributed by atoms with E-state index in [0.717, 1.165) is 6.20 Å². The highest BCUT2D eigenvalue weighted by molar-refractivity contribution is 6.29. The van der Waals surface area contributed by atoms with E-state index in [-0.39, 0.29) is 10.9 Å². The zero-order valence-corrected chi connectivity index (χ0v) is 7.99. The van der Waals surface area contributed by atoms with E-state index in [4.69, 9.17) is 11.6 Å². The second kappa shape index (κ2) is 4.04. The molecule has 0 saturated heterocycles. The minimum absolute atomic E-state index is 0.149. The predicted molar refractivity (Wildman–Crippen MR) is 45.3 cm³/mol. The molecule has 14 heavy (non-hydrogen) atoms. The van der Waals surface area contributed by atoms with E-state index in [0.29, 0.717) is 12.0 Å². The van der Waals surface area contributed by atoms with E-state index in [2.05, 4.69) is 9.72 Å². The molecule has 78 valence electrons. The van der Waals surface area contributed by atoms with Crippen molar-refractivity contribution < 1.29 is 17.9 Å². The van der Waals surface area contributed by atoms with Crippen LogP contribution in [0.3, 0.4) is 0 Å². The molecule has 1 aromatic rings. The average Bonchev–Trinajstić information content (AvgIpc) is 2.06. The maximum Gasteiger partial charge on any atom is 0.573 e. The molecule has 0 atom stereocenters. The van der Waals surface area contributed by atoms with Gasteiger partial charge in [0.2, 0.25) is 0 Å². The van der Waals surface area contributed by atoms with Gasteiger partial charge < -0.3 is 4.74 Å². The van der Waals surface area contributed by atoms with Crippen LogP contribution in [0.1, 0.15) is 12.5 Å². The van der Waals surface area contributed by atoms with Gasteiger partial charge in [-0.2, -0.15) is 0 Å². The molecular formula is C8H7ClF3NO. The minimum atomic E-state index is -4.70. The number of aromatic nitrogens is 1. The number of nitrogens with zero attached hydrogens (tertiary/aromatic N) is 1. The molecule has 0 saturated carbocycles. The summed E-state index contributed by atoms with van der Waals surface area (Å²) >= 11 is 5.52. The van der Waals surface area contributed by atoms with Crippen LogP contribution in [-0.2, 0) is 6.42 Å². The van der Waals surface area contributed by atoms with Gasteiger partial charge in [-0.3, -0.25) is 0 Å². The molecule has 1 aromatic heterocycles. The van der Waals surface area contributed by atoms with Gasteiger partial charge in [-0.05, 0) is 18.1 Å². The molecule has 0 amide bonds. The Kier molecular flexibility index (Phi) is 3.21. The number of hydrogen-bond donors (Lipinski definition) is 0. The van der Waals surface area contributed by atoms with Crippen molar-refractivity contribution in [2.75, 3.05) is 0 Å². The first-order valence-electron chi connectivity index (χ1n) is 3.82. The molecule has 0 bridgehead atoms. The lowest BCUT2D eigenvalue weighted by Crippen LogP contribution is -2.18. The number of alkyl halides is 3. The standard InChI is InChI=1S/C8H7ClF3NO/c1-2-5-3-7(9)13-4-6(5)14-8(10,11)12/h3-4H,2H2,1H3. The van der Waals surface area contributed by atoms with Crippen molar-refractivity contribution in [3.63, 3.8) is 0 Å². The summed E-state index contributed by atoms with van der Waals surface area (Å²) in [6.45, 7) is 1.70.